The SMILES string of the molecule is CCCCc1ccc(-c2cccc(CC(N)C(=O)OC)c2)cc1. The highest BCUT2D eigenvalue weighted by molar-refractivity contribution is 5.76. The Morgan fingerprint density at radius 1 is 1.09 bits per heavy atom. The lowest BCUT2D eigenvalue weighted by Crippen LogP contribution is -2.33. The second-order valence-corrected chi connectivity index (χ2v) is 5.83. The van der Waals surface area contributed by atoms with Crippen LogP contribution >= 0.6 is 0 Å². The lowest BCUT2D eigenvalue weighted by atomic mass is 9.98. The zero-order valence-corrected chi connectivity index (χ0v) is 13.9. The van der Waals surface area contributed by atoms with Gasteiger partial charge in [0.05, 0.1) is 7.11 Å². The first kappa shape index (κ1) is 17.2. The highest BCUT2D eigenvalue weighted by Gasteiger charge is 2.14. The number of carbonyl (C=O) groups excluding carboxylic acids is 1. The van der Waals surface area contributed by atoms with Gasteiger partial charge in [-0.25, -0.2) is 0 Å². The molecule has 0 amide bonds. The summed E-state index contributed by atoms with van der Waals surface area (Å²) in [4.78, 5) is 11.4. The van der Waals surface area contributed by atoms with Crippen molar-refractivity contribution in [3.05, 3.63) is 59.7 Å². The maximum Gasteiger partial charge on any atom is 0.322 e. The summed E-state index contributed by atoms with van der Waals surface area (Å²) in [5.41, 5.74) is 10.6. The molecule has 2 aromatic carbocycles. The summed E-state index contributed by atoms with van der Waals surface area (Å²) in [5.74, 6) is -0.379. The molecular weight excluding hydrogens is 286 g/mol. The molecule has 3 nitrogen and oxygen atoms in total. The van der Waals surface area contributed by atoms with E-state index in [0.717, 1.165) is 17.5 Å². The van der Waals surface area contributed by atoms with Gasteiger partial charge in [0, 0.05) is 0 Å². The molecule has 0 heterocycles. The molecule has 23 heavy (non-hydrogen) atoms. The fraction of sp³-hybridized carbons (Fsp3) is 0.350. The topological polar surface area (TPSA) is 52.3 Å². The minimum atomic E-state index is -0.619. The summed E-state index contributed by atoms with van der Waals surface area (Å²) >= 11 is 0. The van der Waals surface area contributed by atoms with E-state index in [1.807, 2.05) is 12.1 Å². The van der Waals surface area contributed by atoms with Crippen molar-refractivity contribution in [2.45, 2.75) is 38.6 Å². The number of nitrogens with two attached hydrogens (primary N) is 1. The van der Waals surface area contributed by atoms with Gasteiger partial charge in [-0.1, -0.05) is 61.9 Å². The van der Waals surface area contributed by atoms with E-state index >= 15 is 0 Å². The third-order valence-electron chi connectivity index (χ3n) is 3.99. The van der Waals surface area contributed by atoms with Crippen LogP contribution in [-0.4, -0.2) is 19.1 Å². The Balaban J connectivity index is 2.11. The smallest absolute Gasteiger partial charge is 0.322 e. The van der Waals surface area contributed by atoms with Crippen LogP contribution in [0.25, 0.3) is 11.1 Å². The second-order valence-electron chi connectivity index (χ2n) is 5.83. The van der Waals surface area contributed by atoms with Crippen LogP contribution in [0.3, 0.4) is 0 Å². The third-order valence-corrected chi connectivity index (χ3v) is 3.99. The van der Waals surface area contributed by atoms with Crippen LogP contribution in [0.2, 0.25) is 0 Å². The van der Waals surface area contributed by atoms with Crippen molar-refractivity contribution >= 4 is 5.97 Å². The summed E-state index contributed by atoms with van der Waals surface area (Å²) < 4.78 is 4.68. The molecule has 0 aliphatic rings. The minimum Gasteiger partial charge on any atom is -0.468 e. The first-order valence-electron chi connectivity index (χ1n) is 8.15. The van der Waals surface area contributed by atoms with Crippen molar-refractivity contribution in [2.75, 3.05) is 7.11 Å². The zero-order chi connectivity index (χ0) is 16.7. The molecule has 0 bridgehead atoms. The average Bonchev–Trinajstić information content (AvgIpc) is 2.59. The Bertz CT molecular complexity index is 634. The lowest BCUT2D eigenvalue weighted by molar-refractivity contribution is -0.142. The summed E-state index contributed by atoms with van der Waals surface area (Å²) in [6.07, 6.45) is 4.05. The second kappa shape index (κ2) is 8.49. The summed E-state index contributed by atoms with van der Waals surface area (Å²) in [6, 6.07) is 16.2. The maximum atomic E-state index is 11.4. The van der Waals surface area contributed by atoms with Gasteiger partial charge in [-0.3, -0.25) is 4.79 Å². The Morgan fingerprint density at radius 3 is 2.48 bits per heavy atom. The van der Waals surface area contributed by atoms with E-state index < -0.39 is 6.04 Å². The molecular formula is C20H25NO2. The lowest BCUT2D eigenvalue weighted by Gasteiger charge is -2.11. The number of aryl methyl sites for hydroxylation is 1. The van der Waals surface area contributed by atoms with E-state index in [1.54, 1.807) is 0 Å². The Morgan fingerprint density at radius 2 is 1.83 bits per heavy atom. The molecule has 2 aromatic rings. The molecule has 0 fully saturated rings. The molecule has 122 valence electrons. The highest BCUT2D eigenvalue weighted by Crippen LogP contribution is 2.22. The molecule has 0 spiro atoms. The van der Waals surface area contributed by atoms with Crippen molar-refractivity contribution in [2.24, 2.45) is 5.73 Å². The molecule has 0 radical (unpaired) electrons. The number of ether oxygens (including phenoxy) is 1. The van der Waals surface area contributed by atoms with Crippen LogP contribution in [-0.2, 0) is 22.4 Å². The number of unbranched alkanes of at least 4 members (excludes halogenated alkanes) is 1. The fourth-order valence-electron chi connectivity index (χ4n) is 2.61. The number of rotatable bonds is 7. The highest BCUT2D eigenvalue weighted by atomic mass is 16.5. The van der Waals surface area contributed by atoms with Crippen molar-refractivity contribution < 1.29 is 9.53 Å². The fourth-order valence-corrected chi connectivity index (χ4v) is 2.61. The molecule has 0 aromatic heterocycles. The Hall–Kier alpha value is -2.13. The van der Waals surface area contributed by atoms with Gasteiger partial charge in [0.1, 0.15) is 6.04 Å². The first-order valence-corrected chi connectivity index (χ1v) is 8.15. The molecule has 2 N–H and O–H groups in total. The van der Waals surface area contributed by atoms with Gasteiger partial charge in [-0.15, -0.1) is 0 Å². The van der Waals surface area contributed by atoms with Crippen LogP contribution in [0.5, 0.6) is 0 Å². The Kier molecular flexibility index (Phi) is 6.36. The summed E-state index contributed by atoms with van der Waals surface area (Å²) in [6.45, 7) is 2.21. The van der Waals surface area contributed by atoms with Crippen molar-refractivity contribution in [3.8, 4) is 11.1 Å². The van der Waals surface area contributed by atoms with Crippen molar-refractivity contribution in [1.82, 2.24) is 0 Å². The number of hydrogen-bond acceptors (Lipinski definition) is 3. The molecule has 0 saturated heterocycles. The molecule has 0 saturated carbocycles. The molecule has 1 unspecified atom stereocenters. The number of esters is 1. The molecule has 2 rings (SSSR count). The van der Waals surface area contributed by atoms with E-state index in [2.05, 4.69) is 48.1 Å². The molecule has 1 atom stereocenters. The van der Waals surface area contributed by atoms with Crippen molar-refractivity contribution in [1.29, 1.82) is 0 Å². The van der Waals surface area contributed by atoms with E-state index in [-0.39, 0.29) is 5.97 Å². The van der Waals surface area contributed by atoms with Crippen LogP contribution in [0, 0.1) is 0 Å². The van der Waals surface area contributed by atoms with E-state index in [1.165, 1.54) is 31.1 Å². The van der Waals surface area contributed by atoms with Gasteiger partial charge in [-0.05, 0) is 41.5 Å². The standard InChI is InChI=1S/C20H25NO2/c1-3-4-6-15-9-11-17(12-10-15)18-8-5-7-16(13-18)14-19(21)20(22)23-2/h5,7-13,19H,3-4,6,14,21H2,1-2H3. The molecule has 3 heteroatoms. The van der Waals surface area contributed by atoms with Gasteiger partial charge >= 0.3 is 5.97 Å². The normalized spacial score (nSPS) is 12.0. The maximum absolute atomic E-state index is 11.4. The van der Waals surface area contributed by atoms with Crippen LogP contribution < -0.4 is 5.73 Å². The predicted molar refractivity (Wildman–Crippen MR) is 94.2 cm³/mol. The van der Waals surface area contributed by atoms with Gasteiger partial charge in [0.2, 0.25) is 0 Å². The van der Waals surface area contributed by atoms with Gasteiger partial charge in [0.15, 0.2) is 0 Å². The predicted octanol–water partition coefficient (Wildman–Crippen LogP) is 3.74. The van der Waals surface area contributed by atoms with Crippen LogP contribution in [0.1, 0.15) is 30.9 Å². The first-order chi connectivity index (χ1) is 11.1. The average molecular weight is 311 g/mol. The van der Waals surface area contributed by atoms with E-state index in [4.69, 9.17) is 5.73 Å². The number of hydrogen-bond donors (Lipinski definition) is 1. The zero-order valence-electron chi connectivity index (χ0n) is 13.9. The quantitative estimate of drug-likeness (QED) is 0.793. The van der Waals surface area contributed by atoms with Gasteiger partial charge in [0.25, 0.3) is 0 Å². The van der Waals surface area contributed by atoms with Gasteiger partial charge < -0.3 is 10.5 Å². The Labute approximate surface area is 138 Å². The minimum absolute atomic E-state index is 0.379. The largest absolute Gasteiger partial charge is 0.468 e. The van der Waals surface area contributed by atoms with E-state index in [0.29, 0.717) is 6.42 Å². The number of methoxy groups -OCH3 is 1. The van der Waals surface area contributed by atoms with E-state index in [9.17, 15) is 4.79 Å². The van der Waals surface area contributed by atoms with Crippen LogP contribution in [0.15, 0.2) is 48.5 Å². The summed E-state index contributed by atoms with van der Waals surface area (Å²) in [5, 5.41) is 0. The van der Waals surface area contributed by atoms with Crippen LogP contribution in [0.4, 0.5) is 0 Å². The monoisotopic (exact) mass is 311 g/mol. The third kappa shape index (κ3) is 4.93. The number of carbonyl (C=O) groups is 1. The van der Waals surface area contributed by atoms with Crippen molar-refractivity contribution in [3.63, 3.8) is 0 Å². The number of benzene rings is 2. The molecule has 0 aliphatic carbocycles. The van der Waals surface area contributed by atoms with Gasteiger partial charge in [-0.2, -0.15) is 0 Å². The molecule has 0 aliphatic heterocycles. The summed E-state index contributed by atoms with van der Waals surface area (Å²) in [7, 11) is 1.36.